The van der Waals surface area contributed by atoms with E-state index in [4.69, 9.17) is 0 Å². The second-order valence-corrected chi connectivity index (χ2v) is 7.08. The third-order valence-corrected chi connectivity index (χ3v) is 4.47. The van der Waals surface area contributed by atoms with Crippen molar-refractivity contribution in [2.45, 2.75) is 77.7 Å². The van der Waals surface area contributed by atoms with Crippen LogP contribution in [0.3, 0.4) is 0 Å². The zero-order valence-corrected chi connectivity index (χ0v) is 17.5. The zero-order chi connectivity index (χ0) is 20.1. The number of benzene rings is 1. The number of unbranched alkanes of at least 4 members (excludes halogenated alkanes) is 7. The Balaban J connectivity index is 1.88. The number of carbonyl (C=O) groups excluding carboxylic acids is 1. The molecular weight excluding hydrogens is 344 g/mol. The lowest BCUT2D eigenvalue weighted by Gasteiger charge is -2.07. The Morgan fingerprint density at radius 2 is 1.46 bits per heavy atom. The van der Waals surface area contributed by atoms with E-state index in [0.717, 1.165) is 24.8 Å². The van der Waals surface area contributed by atoms with Gasteiger partial charge in [0, 0.05) is 13.0 Å². The molecule has 0 radical (unpaired) electrons. The van der Waals surface area contributed by atoms with E-state index in [9.17, 15) is 4.79 Å². The van der Waals surface area contributed by atoms with Crippen LogP contribution in [0.15, 0.2) is 66.8 Å². The van der Waals surface area contributed by atoms with Crippen LogP contribution in [-0.2, 0) is 11.3 Å². The fourth-order valence-electron chi connectivity index (χ4n) is 2.78. The molecule has 2 N–H and O–H groups in total. The van der Waals surface area contributed by atoms with Crippen LogP contribution >= 0.6 is 0 Å². The van der Waals surface area contributed by atoms with Crippen molar-refractivity contribution in [1.29, 1.82) is 0 Å². The molecule has 0 aliphatic carbocycles. The first-order valence-electron chi connectivity index (χ1n) is 10.9. The Kier molecular flexibility index (Phi) is 15.6. The van der Waals surface area contributed by atoms with Gasteiger partial charge < -0.3 is 0 Å². The number of carbonyl (C=O) groups is 1. The van der Waals surface area contributed by atoms with Crippen molar-refractivity contribution < 1.29 is 4.79 Å². The Morgan fingerprint density at radius 3 is 2.18 bits per heavy atom. The quantitative estimate of drug-likeness (QED) is 0.197. The number of hydrazine groups is 1. The molecule has 0 aliphatic rings. The van der Waals surface area contributed by atoms with Gasteiger partial charge in [-0.2, -0.15) is 0 Å². The highest BCUT2D eigenvalue weighted by molar-refractivity contribution is 5.75. The second kappa shape index (κ2) is 18.2. The molecule has 154 valence electrons. The van der Waals surface area contributed by atoms with Crippen LogP contribution in [0.25, 0.3) is 0 Å². The Bertz CT molecular complexity index is 575. The average Bonchev–Trinajstić information content (AvgIpc) is 2.71. The van der Waals surface area contributed by atoms with Gasteiger partial charge in [0.05, 0.1) is 0 Å². The van der Waals surface area contributed by atoms with Crippen molar-refractivity contribution in [3.63, 3.8) is 0 Å². The van der Waals surface area contributed by atoms with E-state index in [1.54, 1.807) is 0 Å². The van der Waals surface area contributed by atoms with Crippen molar-refractivity contribution in [2.75, 3.05) is 0 Å². The lowest BCUT2D eigenvalue weighted by molar-refractivity contribution is -0.122. The van der Waals surface area contributed by atoms with Crippen molar-refractivity contribution in [3.8, 4) is 0 Å². The number of amides is 1. The molecule has 1 amide bonds. The molecule has 0 atom stereocenters. The lowest BCUT2D eigenvalue weighted by Crippen LogP contribution is -2.36. The van der Waals surface area contributed by atoms with Gasteiger partial charge in [-0.25, -0.2) is 5.43 Å². The molecule has 3 nitrogen and oxygen atoms in total. The van der Waals surface area contributed by atoms with Gasteiger partial charge in [-0.3, -0.25) is 10.2 Å². The average molecular weight is 383 g/mol. The minimum absolute atomic E-state index is 0.0781. The largest absolute Gasteiger partial charge is 0.291 e. The van der Waals surface area contributed by atoms with E-state index < -0.39 is 0 Å². The molecule has 1 aromatic carbocycles. The maximum Gasteiger partial charge on any atom is 0.234 e. The van der Waals surface area contributed by atoms with Crippen LogP contribution in [0, 0.1) is 0 Å². The van der Waals surface area contributed by atoms with Crippen molar-refractivity contribution in [3.05, 3.63) is 72.4 Å². The number of hydrogen-bond acceptors (Lipinski definition) is 2. The summed E-state index contributed by atoms with van der Waals surface area (Å²) in [5, 5.41) is 0. The molecule has 0 aliphatic heterocycles. The van der Waals surface area contributed by atoms with Crippen LogP contribution in [0.1, 0.15) is 76.7 Å². The maximum absolute atomic E-state index is 11.8. The monoisotopic (exact) mass is 382 g/mol. The van der Waals surface area contributed by atoms with Crippen LogP contribution in [-0.4, -0.2) is 5.91 Å². The maximum atomic E-state index is 11.8. The van der Waals surface area contributed by atoms with Gasteiger partial charge in [0.25, 0.3) is 0 Å². The first kappa shape index (κ1) is 23.9. The summed E-state index contributed by atoms with van der Waals surface area (Å²) < 4.78 is 0. The summed E-state index contributed by atoms with van der Waals surface area (Å²) in [5.74, 6) is 0.0781. The number of rotatable bonds is 16. The van der Waals surface area contributed by atoms with E-state index >= 15 is 0 Å². The first-order chi connectivity index (χ1) is 13.8. The standard InChI is InChI=1S/C25H38N2O/c1-2-3-4-5-6-7-8-9-10-11-12-13-14-15-19-22-25(28)27-26-23-24-20-17-16-18-21-24/h5-10,16-18,20-21,26H,2-4,11-15,19,22-23H2,1H3,(H,27,28)/b6-5+,8-7+,10-9+. The first-order valence-corrected chi connectivity index (χ1v) is 10.9. The molecule has 0 saturated carbocycles. The van der Waals surface area contributed by atoms with Gasteiger partial charge in [-0.15, -0.1) is 0 Å². The fraction of sp³-hybridized carbons (Fsp3) is 0.480. The van der Waals surface area contributed by atoms with E-state index in [2.05, 4.69) is 54.2 Å². The third kappa shape index (κ3) is 15.0. The van der Waals surface area contributed by atoms with Crippen LogP contribution in [0.4, 0.5) is 0 Å². The summed E-state index contributed by atoms with van der Waals surface area (Å²) >= 11 is 0. The smallest absolute Gasteiger partial charge is 0.234 e. The SMILES string of the molecule is CCCC/C=C/C=C/C=C/CCCCCCCC(=O)NNCc1ccccc1. The normalized spacial score (nSPS) is 11.8. The highest BCUT2D eigenvalue weighted by Gasteiger charge is 2.00. The Morgan fingerprint density at radius 1 is 0.821 bits per heavy atom. The fourth-order valence-corrected chi connectivity index (χ4v) is 2.78. The van der Waals surface area contributed by atoms with Crippen molar-refractivity contribution in [1.82, 2.24) is 10.9 Å². The topological polar surface area (TPSA) is 41.1 Å². The molecule has 28 heavy (non-hydrogen) atoms. The molecule has 0 aromatic heterocycles. The van der Waals surface area contributed by atoms with Crippen molar-refractivity contribution >= 4 is 5.91 Å². The van der Waals surface area contributed by atoms with E-state index in [1.807, 2.05) is 30.3 Å². The molecule has 3 heteroatoms. The third-order valence-electron chi connectivity index (χ3n) is 4.47. The summed E-state index contributed by atoms with van der Waals surface area (Å²) in [6, 6.07) is 10.1. The van der Waals surface area contributed by atoms with Crippen LogP contribution in [0.5, 0.6) is 0 Å². The summed E-state index contributed by atoms with van der Waals surface area (Å²) in [4.78, 5) is 11.8. The molecule has 0 spiro atoms. The van der Waals surface area contributed by atoms with Crippen LogP contribution in [0.2, 0.25) is 0 Å². The lowest BCUT2D eigenvalue weighted by atomic mass is 10.1. The molecular formula is C25H38N2O. The molecule has 0 heterocycles. The molecule has 0 fully saturated rings. The van der Waals surface area contributed by atoms with Gasteiger partial charge in [0.2, 0.25) is 5.91 Å². The summed E-state index contributed by atoms with van der Waals surface area (Å²) in [6.45, 7) is 2.87. The van der Waals surface area contributed by atoms with Gasteiger partial charge >= 0.3 is 0 Å². The minimum atomic E-state index is 0.0781. The number of hydrogen-bond donors (Lipinski definition) is 2. The van der Waals surface area contributed by atoms with Gasteiger partial charge in [0.1, 0.15) is 0 Å². The number of allylic oxidation sites excluding steroid dienone is 6. The molecule has 0 unspecified atom stereocenters. The van der Waals surface area contributed by atoms with Gasteiger partial charge in [0.15, 0.2) is 0 Å². The Hall–Kier alpha value is -2.13. The summed E-state index contributed by atoms with van der Waals surface area (Å²) in [6.07, 6.45) is 24.1. The highest BCUT2D eigenvalue weighted by atomic mass is 16.2. The minimum Gasteiger partial charge on any atom is -0.291 e. The number of nitrogens with one attached hydrogen (secondary N) is 2. The molecule has 1 aromatic rings. The predicted octanol–water partition coefficient (Wildman–Crippen LogP) is 6.40. The summed E-state index contributed by atoms with van der Waals surface area (Å²) in [5.41, 5.74) is 6.92. The molecule has 0 bridgehead atoms. The van der Waals surface area contributed by atoms with Gasteiger partial charge in [-0.05, 0) is 31.2 Å². The molecule has 0 saturated heterocycles. The van der Waals surface area contributed by atoms with Gasteiger partial charge in [-0.1, -0.05) is 106 Å². The second-order valence-electron chi connectivity index (χ2n) is 7.08. The van der Waals surface area contributed by atoms with E-state index in [-0.39, 0.29) is 5.91 Å². The van der Waals surface area contributed by atoms with E-state index in [1.165, 1.54) is 38.5 Å². The van der Waals surface area contributed by atoms with Crippen LogP contribution < -0.4 is 10.9 Å². The molecule has 1 rings (SSSR count). The Labute approximate surface area is 172 Å². The van der Waals surface area contributed by atoms with Crippen molar-refractivity contribution in [2.24, 2.45) is 0 Å². The summed E-state index contributed by atoms with van der Waals surface area (Å²) in [7, 11) is 0. The van der Waals surface area contributed by atoms with E-state index in [0.29, 0.717) is 13.0 Å². The predicted molar refractivity (Wildman–Crippen MR) is 121 cm³/mol. The highest BCUT2D eigenvalue weighted by Crippen LogP contribution is 2.07. The zero-order valence-electron chi connectivity index (χ0n) is 17.5.